The molecule has 17 heavy (non-hydrogen) atoms. The summed E-state index contributed by atoms with van der Waals surface area (Å²) in [7, 11) is 1.55. The van der Waals surface area contributed by atoms with Gasteiger partial charge in [0.25, 0.3) is 0 Å². The fourth-order valence-corrected chi connectivity index (χ4v) is 2.37. The number of ether oxygens (including phenoxy) is 2. The van der Waals surface area contributed by atoms with Gasteiger partial charge in [0.15, 0.2) is 5.75 Å². The molecule has 94 valence electrons. The van der Waals surface area contributed by atoms with Crippen LogP contribution in [-0.4, -0.2) is 46.8 Å². The summed E-state index contributed by atoms with van der Waals surface area (Å²) in [6, 6.07) is 0.370. The highest BCUT2D eigenvalue weighted by Crippen LogP contribution is 2.21. The van der Waals surface area contributed by atoms with Gasteiger partial charge in [-0.05, 0) is 19.1 Å². The van der Waals surface area contributed by atoms with Crippen LogP contribution in [0.2, 0.25) is 0 Å². The second kappa shape index (κ2) is 6.07. The van der Waals surface area contributed by atoms with Crippen molar-refractivity contribution in [3.63, 3.8) is 0 Å². The number of methoxy groups -OCH3 is 1. The number of piperidine rings is 1. The van der Waals surface area contributed by atoms with Gasteiger partial charge < -0.3 is 9.47 Å². The van der Waals surface area contributed by atoms with Crippen LogP contribution in [-0.2, 0) is 0 Å². The van der Waals surface area contributed by atoms with Crippen LogP contribution >= 0.6 is 11.9 Å². The Kier molecular flexibility index (Phi) is 4.44. The molecule has 1 aromatic rings. The van der Waals surface area contributed by atoms with Crippen LogP contribution in [0.5, 0.6) is 11.8 Å². The van der Waals surface area contributed by atoms with E-state index in [9.17, 15) is 0 Å². The fraction of sp³-hybridized carbons (Fsp3) is 0.636. The second-order valence-electron chi connectivity index (χ2n) is 3.83. The van der Waals surface area contributed by atoms with Gasteiger partial charge >= 0.3 is 6.01 Å². The van der Waals surface area contributed by atoms with E-state index in [1.165, 1.54) is 0 Å². The number of aromatic nitrogens is 2. The van der Waals surface area contributed by atoms with E-state index in [1.54, 1.807) is 31.5 Å². The molecule has 0 aromatic carbocycles. The maximum absolute atomic E-state index is 5.83. The van der Waals surface area contributed by atoms with E-state index >= 15 is 0 Å². The van der Waals surface area contributed by atoms with Gasteiger partial charge in [0.05, 0.1) is 19.5 Å². The summed E-state index contributed by atoms with van der Waals surface area (Å²) < 4.78 is 13.1. The molecule has 2 rings (SSSR count). The summed E-state index contributed by atoms with van der Waals surface area (Å²) in [5.74, 6) is 0.716. The highest BCUT2D eigenvalue weighted by Gasteiger charge is 2.20. The van der Waals surface area contributed by atoms with Crippen molar-refractivity contribution in [2.75, 3.05) is 26.5 Å². The predicted molar refractivity (Wildman–Crippen MR) is 67.3 cm³/mol. The summed E-state index contributed by atoms with van der Waals surface area (Å²) in [4.78, 5) is 8.04. The Morgan fingerprint density at radius 3 is 2.47 bits per heavy atom. The number of hydrogen-bond donors (Lipinski definition) is 0. The first-order chi connectivity index (χ1) is 8.31. The molecule has 1 aliphatic rings. The third kappa shape index (κ3) is 3.47. The molecule has 1 fully saturated rings. The first-order valence-electron chi connectivity index (χ1n) is 5.63. The van der Waals surface area contributed by atoms with Gasteiger partial charge in [0.1, 0.15) is 6.10 Å². The molecule has 0 aliphatic carbocycles. The highest BCUT2D eigenvalue weighted by atomic mass is 32.2. The van der Waals surface area contributed by atoms with E-state index in [0.29, 0.717) is 11.8 Å². The number of nitrogens with zero attached hydrogens (tertiary/aromatic N) is 3. The zero-order chi connectivity index (χ0) is 12.1. The summed E-state index contributed by atoms with van der Waals surface area (Å²) in [5.41, 5.74) is 0. The van der Waals surface area contributed by atoms with E-state index in [1.807, 2.05) is 0 Å². The van der Waals surface area contributed by atoms with Crippen LogP contribution in [0, 0.1) is 0 Å². The lowest BCUT2D eigenvalue weighted by Crippen LogP contribution is -2.34. The Balaban J connectivity index is 1.84. The molecule has 1 aliphatic heterocycles. The molecule has 0 bridgehead atoms. The van der Waals surface area contributed by atoms with Crippen molar-refractivity contribution in [3.8, 4) is 11.8 Å². The summed E-state index contributed by atoms with van der Waals surface area (Å²) >= 11 is 1.80. The molecule has 0 unspecified atom stereocenters. The molecule has 0 radical (unpaired) electrons. The molecular formula is C11H17N3O2S. The van der Waals surface area contributed by atoms with Gasteiger partial charge in [-0.1, -0.05) is 11.9 Å². The maximum Gasteiger partial charge on any atom is 0.316 e. The lowest BCUT2D eigenvalue weighted by atomic mass is 10.1. The zero-order valence-corrected chi connectivity index (χ0v) is 10.9. The Hall–Kier alpha value is -1.01. The molecule has 5 nitrogen and oxygen atoms in total. The van der Waals surface area contributed by atoms with Gasteiger partial charge in [0.2, 0.25) is 0 Å². The third-order valence-corrected chi connectivity index (χ3v) is 3.63. The van der Waals surface area contributed by atoms with E-state index in [2.05, 4.69) is 20.5 Å². The normalized spacial score (nSPS) is 18.0. The van der Waals surface area contributed by atoms with Gasteiger partial charge in [0, 0.05) is 13.1 Å². The summed E-state index contributed by atoms with van der Waals surface area (Å²) in [6.07, 6.45) is 7.80. The van der Waals surface area contributed by atoms with E-state index < -0.39 is 0 Å². The van der Waals surface area contributed by atoms with Crippen molar-refractivity contribution in [1.29, 1.82) is 0 Å². The van der Waals surface area contributed by atoms with E-state index in [4.69, 9.17) is 9.47 Å². The highest BCUT2D eigenvalue weighted by molar-refractivity contribution is 7.96. The van der Waals surface area contributed by atoms with Crippen molar-refractivity contribution >= 4 is 11.9 Å². The molecule has 2 heterocycles. The Bertz CT molecular complexity index is 339. The molecule has 6 heteroatoms. The molecule has 0 N–H and O–H groups in total. The minimum Gasteiger partial charge on any atom is -0.487 e. The topological polar surface area (TPSA) is 47.5 Å². The number of hydrogen-bond acceptors (Lipinski definition) is 6. The first kappa shape index (κ1) is 12.4. The van der Waals surface area contributed by atoms with Crippen LogP contribution in [0.1, 0.15) is 12.8 Å². The van der Waals surface area contributed by atoms with Crippen LogP contribution in [0.25, 0.3) is 0 Å². The average Bonchev–Trinajstić information content (AvgIpc) is 2.40. The van der Waals surface area contributed by atoms with Gasteiger partial charge in [-0.2, -0.15) is 9.97 Å². The van der Waals surface area contributed by atoms with Crippen LogP contribution in [0.3, 0.4) is 0 Å². The first-order valence-corrected chi connectivity index (χ1v) is 6.81. The molecular weight excluding hydrogens is 238 g/mol. The van der Waals surface area contributed by atoms with E-state index in [-0.39, 0.29) is 6.10 Å². The minimum absolute atomic E-state index is 0.274. The molecule has 0 amide bonds. The van der Waals surface area contributed by atoms with Crippen molar-refractivity contribution in [2.24, 2.45) is 0 Å². The quantitative estimate of drug-likeness (QED) is 0.762. The Morgan fingerprint density at radius 2 is 1.94 bits per heavy atom. The molecule has 0 atom stereocenters. The third-order valence-electron chi connectivity index (χ3n) is 2.75. The molecule has 0 saturated carbocycles. The smallest absolute Gasteiger partial charge is 0.316 e. The maximum atomic E-state index is 5.83. The van der Waals surface area contributed by atoms with Gasteiger partial charge in [-0.15, -0.1) is 0 Å². The Labute approximate surface area is 106 Å². The minimum atomic E-state index is 0.274. The summed E-state index contributed by atoms with van der Waals surface area (Å²) in [5, 5.41) is 0. The predicted octanol–water partition coefficient (Wildman–Crippen LogP) is 1.61. The van der Waals surface area contributed by atoms with Crippen molar-refractivity contribution in [2.45, 2.75) is 18.9 Å². The lowest BCUT2D eigenvalue weighted by Gasteiger charge is -2.30. The van der Waals surface area contributed by atoms with Crippen molar-refractivity contribution < 1.29 is 9.47 Å². The van der Waals surface area contributed by atoms with Crippen molar-refractivity contribution in [3.05, 3.63) is 12.4 Å². The Morgan fingerprint density at radius 1 is 1.29 bits per heavy atom. The monoisotopic (exact) mass is 255 g/mol. The second-order valence-corrected chi connectivity index (χ2v) is 4.72. The fourth-order valence-electron chi connectivity index (χ4n) is 1.80. The SMILES string of the molecule is COc1ncc(OC2CCN(SC)CC2)cn1. The van der Waals surface area contributed by atoms with Crippen LogP contribution in [0.4, 0.5) is 0 Å². The average molecular weight is 255 g/mol. The number of rotatable bonds is 4. The molecule has 0 spiro atoms. The molecule has 1 aromatic heterocycles. The zero-order valence-electron chi connectivity index (χ0n) is 10.1. The van der Waals surface area contributed by atoms with Crippen LogP contribution in [0.15, 0.2) is 12.4 Å². The largest absolute Gasteiger partial charge is 0.487 e. The van der Waals surface area contributed by atoms with Gasteiger partial charge in [-0.3, -0.25) is 4.31 Å². The lowest BCUT2D eigenvalue weighted by molar-refractivity contribution is 0.138. The van der Waals surface area contributed by atoms with Crippen molar-refractivity contribution in [1.82, 2.24) is 14.3 Å². The summed E-state index contributed by atoms with van der Waals surface area (Å²) in [6.45, 7) is 2.14. The van der Waals surface area contributed by atoms with Crippen LogP contribution < -0.4 is 9.47 Å². The van der Waals surface area contributed by atoms with E-state index in [0.717, 1.165) is 25.9 Å². The standard InChI is InChI=1S/C11H17N3O2S/c1-15-11-12-7-10(8-13-11)16-9-3-5-14(17-2)6-4-9/h7-9H,3-6H2,1-2H3. The molecule has 1 saturated heterocycles. The van der Waals surface area contributed by atoms with Gasteiger partial charge in [-0.25, -0.2) is 0 Å².